The molecule has 6 heteroatoms. The molecule has 15 heavy (non-hydrogen) atoms. The number of benzene rings is 1. The fraction of sp³-hybridized carbons (Fsp3) is 0.222. The second-order valence-electron chi connectivity index (χ2n) is 2.85. The van der Waals surface area contributed by atoms with Crippen LogP contribution in [0.4, 0.5) is 13.2 Å². The van der Waals surface area contributed by atoms with Gasteiger partial charge in [-0.25, -0.2) is 4.39 Å². The lowest BCUT2D eigenvalue weighted by atomic mass is 10.1. The van der Waals surface area contributed by atoms with Crippen LogP contribution in [-0.4, -0.2) is 11.2 Å². The van der Waals surface area contributed by atoms with Gasteiger partial charge in [-0.15, -0.1) is 0 Å². The molecular weight excluding hydrogens is 296 g/mol. The summed E-state index contributed by atoms with van der Waals surface area (Å²) in [5, 5.41) is -3.87. The van der Waals surface area contributed by atoms with E-state index in [9.17, 15) is 18.0 Å². The summed E-state index contributed by atoms with van der Waals surface area (Å²) in [6.45, 7) is 0. The summed E-state index contributed by atoms with van der Waals surface area (Å²) in [5.74, 6) is -1.94. The van der Waals surface area contributed by atoms with Crippen LogP contribution < -0.4 is 0 Å². The summed E-state index contributed by atoms with van der Waals surface area (Å²) < 4.78 is 37.5. The summed E-state index contributed by atoms with van der Waals surface area (Å²) in [6, 6.07) is 3.59. The molecule has 0 saturated carbocycles. The van der Waals surface area contributed by atoms with Crippen molar-refractivity contribution in [2.24, 2.45) is 0 Å². The van der Waals surface area contributed by atoms with Gasteiger partial charge in [-0.1, -0.05) is 6.07 Å². The molecule has 0 aliphatic carbocycles. The number of hydrogen-bond donors (Lipinski definition) is 0. The molecule has 0 bridgehead atoms. The van der Waals surface area contributed by atoms with Crippen LogP contribution in [-0.2, 0) is 11.2 Å². The predicted molar refractivity (Wildman–Crippen MR) is 53.6 cm³/mol. The van der Waals surface area contributed by atoms with Gasteiger partial charge in [0.1, 0.15) is 5.82 Å². The summed E-state index contributed by atoms with van der Waals surface area (Å²) in [4.78, 5) is 10.8. The van der Waals surface area contributed by atoms with Gasteiger partial charge in [0, 0.05) is 6.42 Å². The number of alkyl halides is 3. The van der Waals surface area contributed by atoms with Gasteiger partial charge in [-0.3, -0.25) is 4.79 Å². The molecule has 1 rings (SSSR count). The highest BCUT2D eigenvalue weighted by Gasteiger charge is 2.34. The van der Waals surface area contributed by atoms with Gasteiger partial charge in [-0.2, -0.15) is 8.78 Å². The lowest BCUT2D eigenvalue weighted by Crippen LogP contribution is -2.23. The van der Waals surface area contributed by atoms with Crippen LogP contribution in [0.5, 0.6) is 0 Å². The lowest BCUT2D eigenvalue weighted by Gasteiger charge is -2.06. The minimum atomic E-state index is -3.87. The highest BCUT2D eigenvalue weighted by atomic mass is 79.9. The van der Waals surface area contributed by atoms with E-state index in [2.05, 4.69) is 27.5 Å². The first-order valence-electron chi connectivity index (χ1n) is 3.84. The van der Waals surface area contributed by atoms with Crippen LogP contribution in [0.1, 0.15) is 5.56 Å². The van der Waals surface area contributed by atoms with E-state index in [1.54, 1.807) is 0 Å². The third-order valence-corrected chi connectivity index (χ3v) is 2.48. The van der Waals surface area contributed by atoms with Crippen LogP contribution in [0.2, 0.25) is 0 Å². The van der Waals surface area contributed by atoms with Crippen LogP contribution in [0.25, 0.3) is 0 Å². The SMILES string of the molecule is O=C(Cc1ccc(F)c(Br)c1)C(F)(F)Cl. The summed E-state index contributed by atoms with van der Waals surface area (Å²) in [6.07, 6.45) is -0.532. The number of ketones is 1. The Kier molecular flexibility index (Phi) is 3.78. The summed E-state index contributed by atoms with van der Waals surface area (Å²) in [5.41, 5.74) is 0.272. The molecule has 0 aliphatic rings. The maximum absolute atomic E-state index is 12.8. The molecule has 0 radical (unpaired) electrons. The fourth-order valence-electron chi connectivity index (χ4n) is 0.935. The van der Waals surface area contributed by atoms with Crippen LogP contribution in [0.3, 0.4) is 0 Å². The molecule has 0 unspecified atom stereocenters. The molecule has 1 aromatic carbocycles. The first-order chi connectivity index (χ1) is 6.80. The molecule has 0 atom stereocenters. The molecule has 1 aromatic rings. The Balaban J connectivity index is 2.83. The van der Waals surface area contributed by atoms with E-state index in [4.69, 9.17) is 0 Å². The van der Waals surface area contributed by atoms with Crippen molar-refractivity contribution in [3.8, 4) is 0 Å². The van der Waals surface area contributed by atoms with Crippen molar-refractivity contribution in [1.29, 1.82) is 0 Å². The zero-order chi connectivity index (χ0) is 11.6. The number of halogens is 5. The van der Waals surface area contributed by atoms with Gasteiger partial charge in [0.2, 0.25) is 5.78 Å². The fourth-order valence-corrected chi connectivity index (χ4v) is 1.43. The van der Waals surface area contributed by atoms with Crippen LogP contribution in [0, 0.1) is 5.82 Å². The molecular formula is C9H5BrClF3O. The minimum absolute atomic E-state index is 0.116. The third kappa shape index (κ3) is 3.50. The monoisotopic (exact) mass is 300 g/mol. The average molecular weight is 301 g/mol. The molecule has 0 heterocycles. The van der Waals surface area contributed by atoms with Crippen molar-refractivity contribution in [1.82, 2.24) is 0 Å². The Bertz CT molecular complexity index is 389. The minimum Gasteiger partial charge on any atom is -0.291 e. The number of carbonyl (C=O) groups excluding carboxylic acids is 1. The van der Waals surface area contributed by atoms with Crippen molar-refractivity contribution >= 4 is 33.3 Å². The third-order valence-electron chi connectivity index (χ3n) is 1.66. The topological polar surface area (TPSA) is 17.1 Å². The van der Waals surface area contributed by atoms with Gasteiger partial charge in [-0.05, 0) is 45.2 Å². The van der Waals surface area contributed by atoms with Crippen molar-refractivity contribution < 1.29 is 18.0 Å². The van der Waals surface area contributed by atoms with Gasteiger partial charge < -0.3 is 0 Å². The molecule has 1 nitrogen and oxygen atoms in total. The van der Waals surface area contributed by atoms with E-state index in [1.807, 2.05) is 0 Å². The van der Waals surface area contributed by atoms with E-state index < -0.39 is 23.4 Å². The Labute approximate surface area is 97.4 Å². The number of hydrogen-bond acceptors (Lipinski definition) is 1. The highest BCUT2D eigenvalue weighted by Crippen LogP contribution is 2.23. The maximum Gasteiger partial charge on any atom is 0.380 e. The Morgan fingerprint density at radius 1 is 1.47 bits per heavy atom. The van der Waals surface area contributed by atoms with E-state index >= 15 is 0 Å². The van der Waals surface area contributed by atoms with Crippen LogP contribution in [0.15, 0.2) is 22.7 Å². The summed E-state index contributed by atoms with van der Waals surface area (Å²) in [7, 11) is 0. The normalized spacial score (nSPS) is 11.5. The van der Waals surface area contributed by atoms with E-state index in [0.717, 1.165) is 6.07 Å². The molecule has 0 aromatic heterocycles. The van der Waals surface area contributed by atoms with E-state index in [1.165, 1.54) is 12.1 Å². The number of carbonyl (C=O) groups is 1. The largest absolute Gasteiger partial charge is 0.380 e. The Morgan fingerprint density at radius 2 is 2.07 bits per heavy atom. The highest BCUT2D eigenvalue weighted by molar-refractivity contribution is 9.10. The second-order valence-corrected chi connectivity index (χ2v) is 4.18. The first kappa shape index (κ1) is 12.5. The summed E-state index contributed by atoms with van der Waals surface area (Å²) >= 11 is 7.42. The molecule has 0 amide bonds. The lowest BCUT2D eigenvalue weighted by molar-refractivity contribution is -0.132. The van der Waals surface area contributed by atoms with Gasteiger partial charge in [0.25, 0.3) is 0 Å². The van der Waals surface area contributed by atoms with Gasteiger partial charge in [0.05, 0.1) is 4.47 Å². The molecule has 82 valence electrons. The Morgan fingerprint density at radius 3 is 2.53 bits per heavy atom. The number of Topliss-reactive ketones (excluding diaryl/α,β-unsaturated/α-hetero) is 1. The molecule has 0 aliphatic heterocycles. The molecule has 0 N–H and O–H groups in total. The van der Waals surface area contributed by atoms with E-state index in [0.29, 0.717) is 0 Å². The number of rotatable bonds is 3. The van der Waals surface area contributed by atoms with E-state index in [-0.39, 0.29) is 10.0 Å². The van der Waals surface area contributed by atoms with Crippen LogP contribution >= 0.6 is 27.5 Å². The predicted octanol–water partition coefficient (Wildman–Crippen LogP) is 3.53. The van der Waals surface area contributed by atoms with Gasteiger partial charge in [0.15, 0.2) is 0 Å². The quantitative estimate of drug-likeness (QED) is 0.781. The Hall–Kier alpha value is -0.550. The zero-order valence-corrected chi connectivity index (χ0v) is 9.58. The molecule has 0 spiro atoms. The van der Waals surface area contributed by atoms with Crippen molar-refractivity contribution in [2.75, 3.05) is 0 Å². The molecule has 0 saturated heterocycles. The van der Waals surface area contributed by atoms with Gasteiger partial charge >= 0.3 is 5.38 Å². The average Bonchev–Trinajstić information content (AvgIpc) is 2.10. The zero-order valence-electron chi connectivity index (χ0n) is 7.24. The van der Waals surface area contributed by atoms with Crippen molar-refractivity contribution in [3.05, 3.63) is 34.1 Å². The standard InChI is InChI=1S/C9H5BrClF3O/c10-6-3-5(1-2-7(6)12)4-8(15)9(11,13)14/h1-3H,4H2. The maximum atomic E-state index is 12.8. The van der Waals surface area contributed by atoms with Crippen molar-refractivity contribution in [2.45, 2.75) is 11.8 Å². The second kappa shape index (κ2) is 4.53. The first-order valence-corrected chi connectivity index (χ1v) is 5.02. The molecule has 0 fully saturated rings. The van der Waals surface area contributed by atoms with Crippen molar-refractivity contribution in [3.63, 3.8) is 0 Å². The smallest absolute Gasteiger partial charge is 0.291 e.